The minimum absolute atomic E-state index is 0.0171. The number of piperidine rings is 1. The largest absolute Gasteiger partial charge is 0.378 e. The van der Waals surface area contributed by atoms with E-state index in [1.54, 1.807) is 12.3 Å². The van der Waals surface area contributed by atoms with Gasteiger partial charge in [-0.05, 0) is 81.9 Å². The standard InChI is InChI=1S/C31H36FN5O3/c1-21-29(22-4-6-23(7-5-22)31(39)36(3)27-8-10-35(2)11-9-27)19-26(20-33-21)34-30(38)24-16-25(32)18-28(17-24)37-12-14-40-15-13-37/h4-7,16-20,27H,8-15H2,1-3H3,(H,34,38). The van der Waals surface area contributed by atoms with Gasteiger partial charge in [-0.25, -0.2) is 4.39 Å². The van der Waals surface area contributed by atoms with Crippen molar-refractivity contribution in [3.05, 3.63) is 77.4 Å². The van der Waals surface area contributed by atoms with Crippen molar-refractivity contribution < 1.29 is 18.7 Å². The lowest BCUT2D eigenvalue weighted by molar-refractivity contribution is 0.0659. The van der Waals surface area contributed by atoms with Gasteiger partial charge in [0.25, 0.3) is 11.8 Å². The molecule has 2 saturated heterocycles. The molecule has 3 heterocycles. The number of anilines is 2. The van der Waals surface area contributed by atoms with Crippen molar-refractivity contribution in [1.82, 2.24) is 14.8 Å². The first-order valence-corrected chi connectivity index (χ1v) is 13.8. The lowest BCUT2D eigenvalue weighted by atomic mass is 10.0. The number of nitrogens with one attached hydrogen (secondary N) is 1. The molecule has 2 aliphatic rings. The van der Waals surface area contributed by atoms with Gasteiger partial charge in [-0.15, -0.1) is 0 Å². The number of aryl methyl sites for hydroxylation is 1. The Kier molecular flexibility index (Phi) is 8.42. The molecule has 2 aliphatic heterocycles. The van der Waals surface area contributed by atoms with Crippen LogP contribution < -0.4 is 10.2 Å². The van der Waals surface area contributed by atoms with Crippen molar-refractivity contribution in [3.63, 3.8) is 0 Å². The number of pyridine rings is 1. The van der Waals surface area contributed by atoms with Crippen LogP contribution >= 0.6 is 0 Å². The lowest BCUT2D eigenvalue weighted by Crippen LogP contribution is -2.44. The molecule has 0 aliphatic carbocycles. The predicted molar refractivity (Wildman–Crippen MR) is 154 cm³/mol. The Morgan fingerprint density at radius 2 is 1.70 bits per heavy atom. The van der Waals surface area contributed by atoms with Crippen LogP contribution in [0.4, 0.5) is 15.8 Å². The van der Waals surface area contributed by atoms with Crippen molar-refractivity contribution in [3.8, 4) is 11.1 Å². The van der Waals surface area contributed by atoms with Gasteiger partial charge in [0.05, 0.1) is 25.1 Å². The fraction of sp³-hybridized carbons (Fsp3) is 0.387. The summed E-state index contributed by atoms with van der Waals surface area (Å²) in [5, 5.41) is 2.86. The molecule has 0 atom stereocenters. The highest BCUT2D eigenvalue weighted by Gasteiger charge is 2.25. The van der Waals surface area contributed by atoms with Crippen molar-refractivity contribution in [1.29, 1.82) is 0 Å². The summed E-state index contributed by atoms with van der Waals surface area (Å²) in [6.07, 6.45) is 3.54. The Morgan fingerprint density at radius 1 is 1.00 bits per heavy atom. The van der Waals surface area contributed by atoms with E-state index in [-0.39, 0.29) is 17.5 Å². The van der Waals surface area contributed by atoms with Gasteiger partial charge in [0.2, 0.25) is 0 Å². The second-order valence-electron chi connectivity index (χ2n) is 10.6. The average molecular weight is 546 g/mol. The van der Waals surface area contributed by atoms with Gasteiger partial charge in [-0.1, -0.05) is 12.1 Å². The monoisotopic (exact) mass is 545 g/mol. The summed E-state index contributed by atoms with van der Waals surface area (Å²) in [7, 11) is 3.99. The summed E-state index contributed by atoms with van der Waals surface area (Å²) >= 11 is 0. The van der Waals surface area contributed by atoms with Gasteiger partial charge >= 0.3 is 0 Å². The van der Waals surface area contributed by atoms with Crippen LogP contribution in [0, 0.1) is 12.7 Å². The van der Waals surface area contributed by atoms with E-state index < -0.39 is 11.7 Å². The molecule has 1 N–H and O–H groups in total. The van der Waals surface area contributed by atoms with Gasteiger partial charge in [-0.3, -0.25) is 14.6 Å². The van der Waals surface area contributed by atoms with Gasteiger partial charge in [0.1, 0.15) is 5.82 Å². The summed E-state index contributed by atoms with van der Waals surface area (Å²) in [6.45, 7) is 6.32. The highest BCUT2D eigenvalue weighted by atomic mass is 19.1. The van der Waals surface area contributed by atoms with E-state index in [0.717, 1.165) is 42.8 Å². The molecule has 2 aromatic carbocycles. The van der Waals surface area contributed by atoms with Crippen molar-refractivity contribution >= 4 is 23.2 Å². The fourth-order valence-electron chi connectivity index (χ4n) is 5.35. The first-order chi connectivity index (χ1) is 19.3. The first kappa shape index (κ1) is 27.7. The Balaban J connectivity index is 1.29. The molecule has 0 bridgehead atoms. The van der Waals surface area contributed by atoms with Crippen LogP contribution in [0.1, 0.15) is 39.3 Å². The van der Waals surface area contributed by atoms with E-state index in [0.29, 0.717) is 43.2 Å². The topological polar surface area (TPSA) is 78.0 Å². The number of carbonyl (C=O) groups is 2. The fourth-order valence-corrected chi connectivity index (χ4v) is 5.35. The van der Waals surface area contributed by atoms with E-state index in [9.17, 15) is 14.0 Å². The number of likely N-dealkylation sites (tertiary alicyclic amines) is 1. The van der Waals surface area contributed by atoms with Crippen molar-refractivity contribution in [2.45, 2.75) is 25.8 Å². The summed E-state index contributed by atoms with van der Waals surface area (Å²) < 4.78 is 19.8. The molecule has 8 nitrogen and oxygen atoms in total. The number of hydrogen-bond donors (Lipinski definition) is 1. The van der Waals surface area contributed by atoms with Crippen LogP contribution in [0.25, 0.3) is 11.1 Å². The van der Waals surface area contributed by atoms with E-state index >= 15 is 0 Å². The van der Waals surface area contributed by atoms with Crippen LogP contribution in [-0.4, -0.2) is 86.1 Å². The number of halogens is 1. The van der Waals surface area contributed by atoms with E-state index in [1.165, 1.54) is 12.1 Å². The second kappa shape index (κ2) is 12.1. The Labute approximate surface area is 234 Å². The summed E-state index contributed by atoms with van der Waals surface area (Å²) in [5.41, 5.74) is 4.56. The van der Waals surface area contributed by atoms with E-state index in [4.69, 9.17) is 4.74 Å². The number of carbonyl (C=O) groups excluding carboxylic acids is 2. The third-order valence-electron chi connectivity index (χ3n) is 7.86. The number of morpholine rings is 1. The summed E-state index contributed by atoms with van der Waals surface area (Å²) in [4.78, 5) is 36.8. The number of nitrogens with zero attached hydrogens (tertiary/aromatic N) is 4. The normalized spacial score (nSPS) is 16.6. The average Bonchev–Trinajstić information content (AvgIpc) is 2.98. The van der Waals surface area contributed by atoms with Crippen LogP contribution in [0.2, 0.25) is 0 Å². The molecule has 2 amide bonds. The number of aromatic nitrogens is 1. The zero-order valence-corrected chi connectivity index (χ0v) is 23.3. The zero-order valence-electron chi connectivity index (χ0n) is 23.3. The number of hydrogen-bond acceptors (Lipinski definition) is 6. The molecule has 9 heteroatoms. The molecular formula is C31H36FN5O3. The number of amides is 2. The van der Waals surface area contributed by atoms with E-state index in [2.05, 4.69) is 22.2 Å². The number of ether oxygens (including phenoxy) is 1. The molecule has 2 fully saturated rings. The number of rotatable bonds is 6. The Bertz CT molecular complexity index is 1370. The predicted octanol–water partition coefficient (Wildman–Crippen LogP) is 4.45. The molecule has 0 unspecified atom stereocenters. The number of benzene rings is 2. The molecule has 0 radical (unpaired) electrons. The highest BCUT2D eigenvalue weighted by molar-refractivity contribution is 6.05. The molecule has 0 saturated carbocycles. The minimum atomic E-state index is -0.465. The van der Waals surface area contributed by atoms with E-state index in [1.807, 2.05) is 54.1 Å². The van der Waals surface area contributed by atoms with Crippen molar-refractivity contribution in [2.24, 2.45) is 0 Å². The summed E-state index contributed by atoms with van der Waals surface area (Å²) in [5.74, 6) is -0.861. The maximum Gasteiger partial charge on any atom is 0.255 e. The highest BCUT2D eigenvalue weighted by Crippen LogP contribution is 2.27. The SMILES string of the molecule is Cc1ncc(NC(=O)c2cc(F)cc(N3CCOCC3)c2)cc1-c1ccc(C(=O)N(C)C2CCN(C)CC2)cc1. The Hall–Kier alpha value is -3.82. The quantitative estimate of drug-likeness (QED) is 0.493. The lowest BCUT2D eigenvalue weighted by Gasteiger charge is -2.35. The van der Waals surface area contributed by atoms with Crippen LogP contribution in [0.5, 0.6) is 0 Å². The third kappa shape index (κ3) is 6.32. The van der Waals surface area contributed by atoms with Crippen LogP contribution in [-0.2, 0) is 4.74 Å². The maximum absolute atomic E-state index is 14.4. The molecular weight excluding hydrogens is 509 g/mol. The Morgan fingerprint density at radius 3 is 2.40 bits per heavy atom. The summed E-state index contributed by atoms with van der Waals surface area (Å²) in [6, 6.07) is 14.0. The van der Waals surface area contributed by atoms with Crippen LogP contribution in [0.3, 0.4) is 0 Å². The molecule has 1 aromatic heterocycles. The van der Waals surface area contributed by atoms with Gasteiger partial charge in [-0.2, -0.15) is 0 Å². The zero-order chi connectivity index (χ0) is 28.2. The third-order valence-corrected chi connectivity index (χ3v) is 7.86. The van der Waals surface area contributed by atoms with Gasteiger partial charge in [0, 0.05) is 54.3 Å². The van der Waals surface area contributed by atoms with Crippen LogP contribution in [0.15, 0.2) is 54.7 Å². The molecule has 40 heavy (non-hydrogen) atoms. The second-order valence-corrected chi connectivity index (χ2v) is 10.6. The first-order valence-electron chi connectivity index (χ1n) is 13.8. The molecule has 5 rings (SSSR count). The minimum Gasteiger partial charge on any atom is -0.378 e. The van der Waals surface area contributed by atoms with Crippen molar-refractivity contribution in [2.75, 3.05) is 63.7 Å². The molecule has 0 spiro atoms. The molecule has 210 valence electrons. The molecule has 3 aromatic rings. The van der Waals surface area contributed by atoms with Gasteiger partial charge < -0.3 is 24.8 Å². The smallest absolute Gasteiger partial charge is 0.255 e. The maximum atomic E-state index is 14.4. The van der Waals surface area contributed by atoms with Gasteiger partial charge in [0.15, 0.2) is 0 Å².